The Balaban J connectivity index is 1.13. The number of benzene rings is 2. The quantitative estimate of drug-likeness (QED) is 0.554. The molecule has 0 radical (unpaired) electrons. The Hall–Kier alpha value is -3.15. The Morgan fingerprint density at radius 2 is 1.74 bits per heavy atom. The van der Waals surface area contributed by atoms with Gasteiger partial charge in [-0.25, -0.2) is 9.18 Å². The molecule has 2 aromatic carbocycles. The number of urea groups is 1. The van der Waals surface area contributed by atoms with E-state index < -0.39 is 0 Å². The standard InChI is InChI=1S/C28H33FN4O/c1-20(31-28(34)33-17-15-32(16-18-33)24-5-3-2-4-6-24)21-7-9-22(10-8-21)25-13-14-30-27-12-11-23(29)19-26(25)27/h2-6,11-14,19-22H,7-10,15-18H2,1H3,(H,31,34)/t20-,21?,22?/m1/s1. The van der Waals surface area contributed by atoms with E-state index in [4.69, 9.17) is 0 Å². The lowest BCUT2D eigenvalue weighted by Crippen LogP contribution is -2.54. The normalized spacial score (nSPS) is 21.9. The summed E-state index contributed by atoms with van der Waals surface area (Å²) in [6.07, 6.45) is 6.06. The second-order valence-corrected chi connectivity index (χ2v) is 9.72. The van der Waals surface area contributed by atoms with E-state index in [0.717, 1.165) is 62.8 Å². The van der Waals surface area contributed by atoms with Crippen LogP contribution in [0.25, 0.3) is 10.9 Å². The molecular weight excluding hydrogens is 427 g/mol. The van der Waals surface area contributed by atoms with Gasteiger partial charge in [-0.15, -0.1) is 0 Å². The van der Waals surface area contributed by atoms with E-state index in [0.29, 0.717) is 11.8 Å². The molecule has 1 aromatic heterocycles. The van der Waals surface area contributed by atoms with Crippen LogP contribution in [0.15, 0.2) is 60.8 Å². The number of fused-ring (bicyclic) bond motifs is 1. The number of nitrogens with one attached hydrogen (secondary N) is 1. The van der Waals surface area contributed by atoms with Crippen molar-refractivity contribution in [2.75, 3.05) is 31.1 Å². The molecule has 5 nitrogen and oxygen atoms in total. The molecule has 2 aliphatic rings. The average Bonchev–Trinajstić information content (AvgIpc) is 2.89. The van der Waals surface area contributed by atoms with Gasteiger partial charge in [0.15, 0.2) is 0 Å². The van der Waals surface area contributed by atoms with E-state index in [1.54, 1.807) is 12.1 Å². The van der Waals surface area contributed by atoms with Crippen LogP contribution in [0.3, 0.4) is 0 Å². The summed E-state index contributed by atoms with van der Waals surface area (Å²) in [6.45, 7) is 5.34. The highest BCUT2D eigenvalue weighted by molar-refractivity contribution is 5.82. The summed E-state index contributed by atoms with van der Waals surface area (Å²) in [5.74, 6) is 0.671. The zero-order chi connectivity index (χ0) is 23.5. The van der Waals surface area contributed by atoms with Crippen molar-refractivity contribution < 1.29 is 9.18 Å². The van der Waals surface area contributed by atoms with E-state index >= 15 is 0 Å². The van der Waals surface area contributed by atoms with Crippen LogP contribution in [0.5, 0.6) is 0 Å². The lowest BCUT2D eigenvalue weighted by Gasteiger charge is -2.38. The molecule has 5 rings (SSSR count). The second-order valence-electron chi connectivity index (χ2n) is 9.72. The molecule has 1 aliphatic carbocycles. The van der Waals surface area contributed by atoms with Gasteiger partial charge in [-0.1, -0.05) is 18.2 Å². The smallest absolute Gasteiger partial charge is 0.317 e. The number of aromatic nitrogens is 1. The van der Waals surface area contributed by atoms with Crippen molar-refractivity contribution in [2.24, 2.45) is 5.92 Å². The third kappa shape index (κ3) is 4.86. The van der Waals surface area contributed by atoms with Crippen LogP contribution in [0.2, 0.25) is 0 Å². The highest BCUT2D eigenvalue weighted by Gasteiger charge is 2.29. The number of amides is 2. The summed E-state index contributed by atoms with van der Waals surface area (Å²) in [6, 6.07) is 17.5. The first-order valence-electron chi connectivity index (χ1n) is 12.5. The van der Waals surface area contributed by atoms with Gasteiger partial charge in [-0.2, -0.15) is 0 Å². The number of carbonyl (C=O) groups excluding carboxylic acids is 1. The maximum absolute atomic E-state index is 13.9. The molecule has 3 aromatic rings. The number of anilines is 1. The molecule has 2 heterocycles. The van der Waals surface area contributed by atoms with Crippen LogP contribution >= 0.6 is 0 Å². The van der Waals surface area contributed by atoms with Gasteiger partial charge in [0.25, 0.3) is 0 Å². The van der Waals surface area contributed by atoms with Gasteiger partial charge >= 0.3 is 6.03 Å². The summed E-state index contributed by atoms with van der Waals surface area (Å²) in [5.41, 5.74) is 3.28. The van der Waals surface area contributed by atoms with Crippen molar-refractivity contribution in [3.63, 3.8) is 0 Å². The summed E-state index contributed by atoms with van der Waals surface area (Å²) in [7, 11) is 0. The van der Waals surface area contributed by atoms with Crippen LogP contribution in [-0.2, 0) is 0 Å². The van der Waals surface area contributed by atoms with Crippen molar-refractivity contribution in [2.45, 2.75) is 44.6 Å². The number of rotatable bonds is 4. The first-order chi connectivity index (χ1) is 16.6. The van der Waals surface area contributed by atoms with Gasteiger partial charge in [0.1, 0.15) is 5.82 Å². The molecule has 1 atom stereocenters. The summed E-state index contributed by atoms with van der Waals surface area (Å²) >= 11 is 0. The summed E-state index contributed by atoms with van der Waals surface area (Å²) in [5, 5.41) is 4.21. The Morgan fingerprint density at radius 3 is 2.47 bits per heavy atom. The topological polar surface area (TPSA) is 48.5 Å². The van der Waals surface area contributed by atoms with Crippen molar-refractivity contribution in [3.8, 4) is 0 Å². The van der Waals surface area contributed by atoms with E-state index in [1.165, 1.54) is 17.3 Å². The first-order valence-corrected chi connectivity index (χ1v) is 12.5. The third-order valence-electron chi connectivity index (χ3n) is 7.70. The van der Waals surface area contributed by atoms with E-state index in [-0.39, 0.29) is 17.9 Å². The molecule has 0 spiro atoms. The number of nitrogens with zero attached hydrogens (tertiary/aromatic N) is 3. The van der Waals surface area contributed by atoms with Crippen molar-refractivity contribution in [3.05, 3.63) is 72.2 Å². The lowest BCUT2D eigenvalue weighted by atomic mass is 9.75. The molecule has 1 aliphatic heterocycles. The minimum absolute atomic E-state index is 0.0536. The van der Waals surface area contributed by atoms with E-state index in [9.17, 15) is 9.18 Å². The third-order valence-corrected chi connectivity index (χ3v) is 7.70. The minimum atomic E-state index is -0.212. The SMILES string of the molecule is C[C@@H](NC(=O)N1CCN(c2ccccc2)CC1)C1CCC(c2ccnc3ccc(F)cc23)CC1. The van der Waals surface area contributed by atoms with Crippen molar-refractivity contribution in [1.82, 2.24) is 15.2 Å². The molecule has 1 saturated heterocycles. The number of para-hydroxylation sites is 1. The number of halogens is 1. The Bertz CT molecular complexity index is 1120. The molecule has 0 bridgehead atoms. The lowest BCUT2D eigenvalue weighted by molar-refractivity contribution is 0.181. The van der Waals surface area contributed by atoms with Crippen LogP contribution in [0.4, 0.5) is 14.9 Å². The fourth-order valence-corrected chi connectivity index (χ4v) is 5.64. The predicted molar refractivity (Wildman–Crippen MR) is 135 cm³/mol. The molecule has 1 saturated carbocycles. The molecule has 178 valence electrons. The zero-order valence-electron chi connectivity index (χ0n) is 19.8. The van der Waals surface area contributed by atoms with Gasteiger partial charge in [0, 0.05) is 49.5 Å². The molecule has 2 amide bonds. The van der Waals surface area contributed by atoms with Gasteiger partial charge in [-0.3, -0.25) is 4.98 Å². The molecule has 34 heavy (non-hydrogen) atoms. The van der Waals surface area contributed by atoms with Crippen molar-refractivity contribution in [1.29, 1.82) is 0 Å². The Kier molecular flexibility index (Phi) is 6.66. The summed E-state index contributed by atoms with van der Waals surface area (Å²) in [4.78, 5) is 21.6. The number of pyridine rings is 1. The maximum atomic E-state index is 13.9. The maximum Gasteiger partial charge on any atom is 0.317 e. The zero-order valence-corrected chi connectivity index (χ0v) is 19.8. The van der Waals surface area contributed by atoms with Crippen LogP contribution in [-0.4, -0.2) is 48.1 Å². The largest absolute Gasteiger partial charge is 0.368 e. The number of piperazine rings is 1. The number of carbonyl (C=O) groups is 1. The monoisotopic (exact) mass is 460 g/mol. The van der Waals surface area contributed by atoms with Gasteiger partial charge in [0.2, 0.25) is 0 Å². The molecular formula is C28H33FN4O. The minimum Gasteiger partial charge on any atom is -0.368 e. The highest BCUT2D eigenvalue weighted by atomic mass is 19.1. The Labute approximate surface area is 201 Å². The molecule has 2 fully saturated rings. The average molecular weight is 461 g/mol. The van der Waals surface area contributed by atoms with Crippen LogP contribution in [0, 0.1) is 11.7 Å². The predicted octanol–water partition coefficient (Wildman–Crippen LogP) is 5.57. The molecule has 0 unspecified atom stereocenters. The van der Waals surface area contributed by atoms with Gasteiger partial charge in [-0.05, 0) is 86.4 Å². The molecule has 6 heteroatoms. The second kappa shape index (κ2) is 10.00. The number of hydrogen-bond donors (Lipinski definition) is 1. The van der Waals surface area contributed by atoms with E-state index in [2.05, 4.69) is 46.4 Å². The van der Waals surface area contributed by atoms with Gasteiger partial charge < -0.3 is 15.1 Å². The fourth-order valence-electron chi connectivity index (χ4n) is 5.64. The number of hydrogen-bond acceptors (Lipinski definition) is 3. The highest BCUT2D eigenvalue weighted by Crippen LogP contribution is 2.39. The first kappa shape index (κ1) is 22.6. The molecule has 1 N–H and O–H groups in total. The van der Waals surface area contributed by atoms with Crippen LogP contribution < -0.4 is 10.2 Å². The van der Waals surface area contributed by atoms with Crippen molar-refractivity contribution >= 4 is 22.6 Å². The van der Waals surface area contributed by atoms with E-state index in [1.807, 2.05) is 23.2 Å². The summed E-state index contributed by atoms with van der Waals surface area (Å²) < 4.78 is 13.9. The Morgan fingerprint density at radius 1 is 1.00 bits per heavy atom. The van der Waals surface area contributed by atoms with Gasteiger partial charge in [0.05, 0.1) is 5.52 Å². The fraction of sp³-hybridized carbons (Fsp3) is 0.429. The van der Waals surface area contributed by atoms with Crippen LogP contribution in [0.1, 0.15) is 44.1 Å².